The Morgan fingerprint density at radius 3 is 2.46 bits per heavy atom. The lowest BCUT2D eigenvalue weighted by molar-refractivity contribution is 0.0547. The molecule has 0 fully saturated rings. The minimum absolute atomic E-state index is 0.0167. The molecule has 0 atom stereocenters. The monoisotopic (exact) mass is 541 g/mol. The predicted molar refractivity (Wildman–Crippen MR) is 144 cm³/mol. The summed E-state index contributed by atoms with van der Waals surface area (Å²) < 4.78 is 39.9. The number of ether oxygens (including phenoxy) is 1. The summed E-state index contributed by atoms with van der Waals surface area (Å²) in [5.41, 5.74) is 1.58. The van der Waals surface area contributed by atoms with Crippen molar-refractivity contribution in [3.8, 4) is 17.0 Å². The molecule has 4 rings (SSSR count). The van der Waals surface area contributed by atoms with E-state index in [2.05, 4.69) is 4.98 Å². The van der Waals surface area contributed by atoms with Gasteiger partial charge in [-0.25, -0.2) is 9.36 Å². The first-order valence-electron chi connectivity index (χ1n) is 11.7. The van der Waals surface area contributed by atoms with Gasteiger partial charge in [-0.15, -0.1) is 0 Å². The van der Waals surface area contributed by atoms with E-state index in [4.69, 9.17) is 20.5 Å². The van der Waals surface area contributed by atoms with Crippen LogP contribution in [0.1, 0.15) is 33.3 Å². The summed E-state index contributed by atoms with van der Waals surface area (Å²) in [5, 5.41) is 1.21. The van der Waals surface area contributed by atoms with Crippen LogP contribution < -0.4 is 4.18 Å². The van der Waals surface area contributed by atoms with Gasteiger partial charge in [0.1, 0.15) is 5.60 Å². The Hall–Kier alpha value is -3.40. The molecule has 0 bridgehead atoms. The second-order valence-electron chi connectivity index (χ2n) is 9.41. The van der Waals surface area contributed by atoms with Gasteiger partial charge in [0.25, 0.3) is 0 Å². The summed E-state index contributed by atoms with van der Waals surface area (Å²) in [5.74, 6) is 0.0167. The van der Waals surface area contributed by atoms with Crippen LogP contribution in [0, 0.1) is 0 Å². The molecular weight excluding hydrogens is 514 g/mol. The number of fused-ring (bicyclic) bond motifs is 1. The van der Waals surface area contributed by atoms with Crippen LogP contribution in [0.15, 0.2) is 73.1 Å². The van der Waals surface area contributed by atoms with Gasteiger partial charge in [0.05, 0.1) is 17.4 Å². The van der Waals surface area contributed by atoms with E-state index in [9.17, 15) is 13.2 Å². The van der Waals surface area contributed by atoms with Gasteiger partial charge >= 0.3 is 16.4 Å². The lowest BCUT2D eigenvalue weighted by Crippen LogP contribution is -2.34. The molecule has 4 aromatic rings. The number of halogens is 1. The first kappa shape index (κ1) is 26.7. The quantitative estimate of drug-likeness (QED) is 0.273. The summed E-state index contributed by atoms with van der Waals surface area (Å²) >= 11 is 6.21. The molecule has 0 aliphatic rings. The van der Waals surface area contributed by atoms with Gasteiger partial charge < -0.3 is 8.92 Å². The third kappa shape index (κ3) is 6.30. The average molecular weight is 542 g/mol. The smallest absolute Gasteiger partial charge is 0.419 e. The summed E-state index contributed by atoms with van der Waals surface area (Å²) in [7, 11) is -4.13. The molecule has 0 spiro atoms. The molecule has 0 unspecified atom stereocenters. The van der Waals surface area contributed by atoms with Crippen molar-refractivity contribution in [1.29, 1.82) is 0 Å². The highest BCUT2D eigenvalue weighted by Crippen LogP contribution is 2.32. The third-order valence-electron chi connectivity index (χ3n) is 5.42. The molecule has 10 heteroatoms. The van der Waals surface area contributed by atoms with Crippen molar-refractivity contribution in [2.75, 3.05) is 6.54 Å². The Morgan fingerprint density at radius 1 is 1.05 bits per heavy atom. The number of hydrogen-bond donors (Lipinski definition) is 0. The van der Waals surface area contributed by atoms with Crippen molar-refractivity contribution in [2.45, 2.75) is 39.8 Å². The van der Waals surface area contributed by atoms with Crippen molar-refractivity contribution in [2.24, 2.45) is 0 Å². The second kappa shape index (κ2) is 10.5. The topological polar surface area (TPSA) is 90.7 Å². The number of rotatable bonds is 7. The number of carbonyl (C=O) groups excluding carboxylic acids is 1. The van der Waals surface area contributed by atoms with E-state index in [-0.39, 0.29) is 18.8 Å². The Balaban J connectivity index is 1.70. The van der Waals surface area contributed by atoms with Crippen molar-refractivity contribution < 1.29 is 22.1 Å². The van der Waals surface area contributed by atoms with Crippen LogP contribution in [0.25, 0.3) is 22.2 Å². The van der Waals surface area contributed by atoms with Crippen molar-refractivity contribution in [3.63, 3.8) is 0 Å². The van der Waals surface area contributed by atoms with E-state index in [0.29, 0.717) is 21.8 Å². The van der Waals surface area contributed by atoms with Crippen LogP contribution in [0.2, 0.25) is 5.02 Å². The molecule has 37 heavy (non-hydrogen) atoms. The molecule has 0 radical (unpaired) electrons. The minimum Gasteiger partial charge on any atom is -0.443 e. The highest BCUT2D eigenvalue weighted by atomic mass is 35.5. The molecule has 0 aliphatic heterocycles. The van der Waals surface area contributed by atoms with E-state index in [1.54, 1.807) is 52.0 Å². The van der Waals surface area contributed by atoms with Gasteiger partial charge in [0.2, 0.25) is 0 Å². The normalized spacial score (nSPS) is 12.2. The van der Waals surface area contributed by atoms with Crippen LogP contribution in [0.5, 0.6) is 5.75 Å². The van der Waals surface area contributed by atoms with Crippen LogP contribution >= 0.6 is 11.6 Å². The number of hydrogen-bond acceptors (Lipinski definition) is 6. The molecule has 0 saturated heterocycles. The lowest BCUT2D eigenvalue weighted by atomic mass is 10.2. The molecule has 2 heterocycles. The summed E-state index contributed by atoms with van der Waals surface area (Å²) in [6, 6.07) is 17.8. The fourth-order valence-electron chi connectivity index (χ4n) is 3.81. The van der Waals surface area contributed by atoms with Gasteiger partial charge in [-0.2, -0.15) is 12.7 Å². The summed E-state index contributed by atoms with van der Waals surface area (Å²) in [6.07, 6.45) is 2.24. The number of pyridine rings is 1. The largest absolute Gasteiger partial charge is 0.443 e. The molecule has 2 aromatic carbocycles. The Bertz CT molecular complexity index is 1530. The predicted octanol–water partition coefficient (Wildman–Crippen LogP) is 6.29. The van der Waals surface area contributed by atoms with Crippen molar-refractivity contribution in [1.82, 2.24) is 13.9 Å². The number of carbonyl (C=O) groups is 1. The zero-order valence-corrected chi connectivity index (χ0v) is 22.6. The van der Waals surface area contributed by atoms with Crippen molar-refractivity contribution in [3.05, 3.63) is 83.6 Å². The minimum atomic E-state index is -4.13. The fourth-order valence-corrected chi connectivity index (χ4v) is 5.04. The third-order valence-corrected chi connectivity index (χ3v) is 7.08. The summed E-state index contributed by atoms with van der Waals surface area (Å²) in [6.45, 7) is 7.46. The van der Waals surface area contributed by atoms with Gasteiger partial charge in [0.15, 0.2) is 5.75 Å². The van der Waals surface area contributed by atoms with Gasteiger partial charge in [-0.3, -0.25) is 4.98 Å². The maximum atomic E-state index is 13.2. The first-order chi connectivity index (χ1) is 17.5. The summed E-state index contributed by atoms with van der Waals surface area (Å²) in [4.78, 5) is 17.4. The molecular formula is C27H28ClN3O5S. The van der Waals surface area contributed by atoms with Gasteiger partial charge in [-0.1, -0.05) is 54.9 Å². The van der Waals surface area contributed by atoms with E-state index in [1.165, 1.54) is 27.3 Å². The molecule has 2 aromatic heterocycles. The Kier molecular flexibility index (Phi) is 7.59. The van der Waals surface area contributed by atoms with E-state index in [0.717, 1.165) is 10.9 Å². The number of aromatic nitrogens is 2. The molecule has 194 valence electrons. The molecule has 0 amide bonds. The molecule has 0 N–H and O–H groups in total. The van der Waals surface area contributed by atoms with Crippen molar-refractivity contribution >= 4 is 38.9 Å². The zero-order valence-electron chi connectivity index (χ0n) is 21.0. The standard InChI is InChI=1S/C27H28ClN3O5S/c1-5-30(18-19-9-7-6-8-10-19)37(33,34)36-23-13-21(16-29-17-23)24-14-20-11-12-22(28)15-25(20)31(24)26(32)35-27(2,3)4/h6-17H,5,18H2,1-4H3. The van der Waals surface area contributed by atoms with Crippen LogP contribution in [-0.4, -0.2) is 40.5 Å². The average Bonchev–Trinajstić information content (AvgIpc) is 3.21. The molecule has 0 saturated carbocycles. The van der Waals surface area contributed by atoms with E-state index >= 15 is 0 Å². The Labute approximate surface area is 221 Å². The molecule has 0 aliphatic carbocycles. The maximum Gasteiger partial charge on any atom is 0.419 e. The maximum absolute atomic E-state index is 13.2. The fraction of sp³-hybridized carbons (Fsp3) is 0.259. The molecule has 8 nitrogen and oxygen atoms in total. The zero-order chi connectivity index (χ0) is 26.8. The van der Waals surface area contributed by atoms with Gasteiger partial charge in [0, 0.05) is 35.3 Å². The lowest BCUT2D eigenvalue weighted by Gasteiger charge is -2.21. The number of benzene rings is 2. The SMILES string of the molecule is CCN(Cc1ccccc1)S(=O)(=O)Oc1cncc(-c2cc3ccc(Cl)cc3n2C(=O)OC(C)(C)C)c1. The highest BCUT2D eigenvalue weighted by Gasteiger charge is 2.26. The van der Waals surface area contributed by atoms with Crippen LogP contribution in [0.4, 0.5) is 4.79 Å². The highest BCUT2D eigenvalue weighted by molar-refractivity contribution is 7.84. The number of nitrogens with zero attached hydrogens (tertiary/aromatic N) is 3. The van der Waals surface area contributed by atoms with Gasteiger partial charge in [-0.05, 0) is 50.6 Å². The van der Waals surface area contributed by atoms with E-state index < -0.39 is 22.0 Å². The van der Waals surface area contributed by atoms with E-state index in [1.807, 2.05) is 30.3 Å². The van der Waals surface area contributed by atoms with Crippen LogP contribution in [0.3, 0.4) is 0 Å². The first-order valence-corrected chi connectivity index (χ1v) is 13.4. The Morgan fingerprint density at radius 2 is 1.78 bits per heavy atom. The van der Waals surface area contributed by atoms with Crippen LogP contribution in [-0.2, 0) is 21.6 Å². The second-order valence-corrected chi connectivity index (χ2v) is 11.4.